The van der Waals surface area contributed by atoms with E-state index in [1.807, 2.05) is 0 Å². The monoisotopic (exact) mass is 153 g/mol. The molecule has 0 heterocycles. The van der Waals surface area contributed by atoms with Crippen LogP contribution in [0.25, 0.3) is 0 Å². The number of hydrogen-bond acceptors (Lipinski definition) is 4. The third kappa shape index (κ3) is 2.81. The van der Waals surface area contributed by atoms with Crippen LogP contribution in [0.15, 0.2) is 0 Å². The van der Waals surface area contributed by atoms with E-state index in [2.05, 4.69) is 25.3 Å². The Hall–Kier alpha value is 0.620. The van der Waals surface area contributed by atoms with Gasteiger partial charge in [0.2, 0.25) is 0 Å². The Bertz CT molecular complexity index is 54.0. The van der Waals surface area contributed by atoms with Crippen molar-refractivity contribution in [3.63, 3.8) is 0 Å². The predicted octanol–water partition coefficient (Wildman–Crippen LogP) is -0.466. The van der Waals surface area contributed by atoms with Crippen LogP contribution in [0.3, 0.4) is 0 Å². The zero-order chi connectivity index (χ0) is 6.57. The lowest BCUT2D eigenvalue weighted by atomic mass is 10.3. The lowest BCUT2D eigenvalue weighted by Crippen LogP contribution is -2.29. The molecule has 8 heavy (non-hydrogen) atoms. The molecule has 0 rings (SSSR count). The quantitative estimate of drug-likeness (QED) is 0.414. The zero-order valence-corrected chi connectivity index (χ0v) is 6.28. The van der Waals surface area contributed by atoms with Gasteiger partial charge in [0.1, 0.15) is 0 Å². The molecule has 2 unspecified atom stereocenters. The summed E-state index contributed by atoms with van der Waals surface area (Å²) in [5, 5.41) is 8.76. The van der Waals surface area contributed by atoms with E-state index in [0.717, 1.165) is 0 Å². The van der Waals surface area contributed by atoms with E-state index in [1.165, 1.54) is 0 Å². The van der Waals surface area contributed by atoms with E-state index in [4.69, 9.17) is 10.8 Å². The van der Waals surface area contributed by atoms with E-state index >= 15 is 0 Å². The van der Waals surface area contributed by atoms with Crippen LogP contribution in [-0.2, 0) is 0 Å². The first kappa shape index (κ1) is 8.62. The van der Waals surface area contributed by atoms with Crippen LogP contribution in [0.1, 0.15) is 0 Å². The van der Waals surface area contributed by atoms with Gasteiger partial charge in [-0.05, 0) is 0 Å². The smallest absolute Gasteiger partial charge is 0.0756 e. The summed E-state index contributed by atoms with van der Waals surface area (Å²) in [7, 11) is 0. The highest BCUT2D eigenvalue weighted by Crippen LogP contribution is 2.00. The Morgan fingerprint density at radius 1 is 1.62 bits per heavy atom. The Labute approximate surface area is 60.3 Å². The largest absolute Gasteiger partial charge is 0.391 e. The molecule has 0 radical (unpaired) electrons. The SMILES string of the molecule is NCC(S)C(O)CS. The number of thiol groups is 2. The van der Waals surface area contributed by atoms with Crippen LogP contribution >= 0.6 is 25.3 Å². The molecule has 0 aromatic carbocycles. The summed E-state index contributed by atoms with van der Waals surface area (Å²) < 4.78 is 0. The first-order valence-corrected chi connectivity index (χ1v) is 3.54. The second-order valence-electron chi connectivity index (χ2n) is 1.55. The highest BCUT2D eigenvalue weighted by molar-refractivity contribution is 7.81. The maximum absolute atomic E-state index is 8.89. The minimum atomic E-state index is -0.480. The second-order valence-corrected chi connectivity index (χ2v) is 2.58. The summed E-state index contributed by atoms with van der Waals surface area (Å²) in [5.41, 5.74) is 5.18. The first-order chi connectivity index (χ1) is 3.72. The summed E-state index contributed by atoms with van der Waals surface area (Å²) in [5.74, 6) is 0.422. The van der Waals surface area contributed by atoms with Crippen molar-refractivity contribution >= 4 is 25.3 Å². The third-order valence-corrected chi connectivity index (χ3v) is 1.80. The molecule has 0 aromatic rings. The van der Waals surface area contributed by atoms with Crippen LogP contribution in [0, 0.1) is 0 Å². The molecule has 0 bridgehead atoms. The number of nitrogens with two attached hydrogens (primary N) is 1. The van der Waals surface area contributed by atoms with Gasteiger partial charge in [-0.2, -0.15) is 25.3 Å². The van der Waals surface area contributed by atoms with Crippen LogP contribution in [0.2, 0.25) is 0 Å². The van der Waals surface area contributed by atoms with Crippen LogP contribution in [0.5, 0.6) is 0 Å². The average Bonchev–Trinajstić information content (AvgIpc) is 1.84. The molecule has 0 spiro atoms. The van der Waals surface area contributed by atoms with E-state index in [0.29, 0.717) is 12.3 Å². The fourth-order valence-electron chi connectivity index (χ4n) is 0.279. The molecule has 0 saturated carbocycles. The molecule has 0 saturated heterocycles. The molecule has 3 N–H and O–H groups in total. The van der Waals surface area contributed by atoms with E-state index < -0.39 is 6.10 Å². The number of aliphatic hydroxyl groups excluding tert-OH is 1. The van der Waals surface area contributed by atoms with Gasteiger partial charge in [-0.3, -0.25) is 0 Å². The molecule has 2 atom stereocenters. The summed E-state index contributed by atoms with van der Waals surface area (Å²) in [4.78, 5) is 0. The topological polar surface area (TPSA) is 46.2 Å². The van der Waals surface area contributed by atoms with Crippen molar-refractivity contribution < 1.29 is 5.11 Å². The van der Waals surface area contributed by atoms with Crippen LogP contribution in [0.4, 0.5) is 0 Å². The van der Waals surface area contributed by atoms with E-state index in [-0.39, 0.29) is 5.25 Å². The average molecular weight is 153 g/mol. The maximum Gasteiger partial charge on any atom is 0.0756 e. The Morgan fingerprint density at radius 2 is 2.12 bits per heavy atom. The van der Waals surface area contributed by atoms with Crippen molar-refractivity contribution in [3.8, 4) is 0 Å². The first-order valence-electron chi connectivity index (χ1n) is 2.39. The molecule has 0 aliphatic rings. The minimum Gasteiger partial charge on any atom is -0.391 e. The predicted molar refractivity (Wildman–Crippen MR) is 41.7 cm³/mol. The fourth-order valence-corrected chi connectivity index (χ4v) is 0.805. The minimum absolute atomic E-state index is 0.132. The summed E-state index contributed by atoms with van der Waals surface area (Å²) >= 11 is 7.84. The van der Waals surface area contributed by atoms with Crippen molar-refractivity contribution in [2.24, 2.45) is 5.73 Å². The summed E-state index contributed by atoms with van der Waals surface area (Å²) in [6.07, 6.45) is -0.480. The molecule has 2 nitrogen and oxygen atoms in total. The summed E-state index contributed by atoms with van der Waals surface area (Å²) in [6, 6.07) is 0. The number of aliphatic hydroxyl groups is 1. The molecule has 0 fully saturated rings. The molecule has 0 aromatic heterocycles. The van der Waals surface area contributed by atoms with Crippen molar-refractivity contribution in [3.05, 3.63) is 0 Å². The highest BCUT2D eigenvalue weighted by atomic mass is 32.1. The fraction of sp³-hybridized carbons (Fsp3) is 1.00. The third-order valence-electron chi connectivity index (χ3n) is 0.873. The zero-order valence-electron chi connectivity index (χ0n) is 4.49. The molecule has 0 aliphatic carbocycles. The lowest BCUT2D eigenvalue weighted by molar-refractivity contribution is 0.199. The molecular formula is C4H11NOS2. The van der Waals surface area contributed by atoms with Crippen LogP contribution in [-0.4, -0.2) is 28.8 Å². The molecule has 0 aliphatic heterocycles. The van der Waals surface area contributed by atoms with Gasteiger partial charge < -0.3 is 10.8 Å². The lowest BCUT2D eigenvalue weighted by Gasteiger charge is -2.12. The molecule has 4 heteroatoms. The van der Waals surface area contributed by atoms with Crippen LogP contribution < -0.4 is 5.73 Å². The highest BCUT2D eigenvalue weighted by Gasteiger charge is 2.09. The number of hydrogen-bond donors (Lipinski definition) is 4. The van der Waals surface area contributed by atoms with Gasteiger partial charge in [-0.1, -0.05) is 0 Å². The van der Waals surface area contributed by atoms with Gasteiger partial charge in [-0.25, -0.2) is 0 Å². The molecule has 0 amide bonds. The van der Waals surface area contributed by atoms with Gasteiger partial charge in [-0.15, -0.1) is 0 Å². The van der Waals surface area contributed by atoms with Crippen molar-refractivity contribution in [2.75, 3.05) is 12.3 Å². The maximum atomic E-state index is 8.89. The number of rotatable bonds is 3. The van der Waals surface area contributed by atoms with Gasteiger partial charge in [0.25, 0.3) is 0 Å². The van der Waals surface area contributed by atoms with E-state index in [1.54, 1.807) is 0 Å². The second kappa shape index (κ2) is 4.49. The Balaban J connectivity index is 3.29. The van der Waals surface area contributed by atoms with Gasteiger partial charge in [0.15, 0.2) is 0 Å². The van der Waals surface area contributed by atoms with Gasteiger partial charge >= 0.3 is 0 Å². The Morgan fingerprint density at radius 3 is 2.25 bits per heavy atom. The van der Waals surface area contributed by atoms with Crippen molar-refractivity contribution in [1.29, 1.82) is 0 Å². The van der Waals surface area contributed by atoms with Crippen molar-refractivity contribution in [1.82, 2.24) is 0 Å². The molecule has 50 valence electrons. The normalized spacial score (nSPS) is 18.0. The van der Waals surface area contributed by atoms with Crippen molar-refractivity contribution in [2.45, 2.75) is 11.4 Å². The van der Waals surface area contributed by atoms with Gasteiger partial charge in [0, 0.05) is 17.5 Å². The summed E-state index contributed by atoms with van der Waals surface area (Å²) in [6.45, 7) is 0.394. The van der Waals surface area contributed by atoms with E-state index in [9.17, 15) is 0 Å². The van der Waals surface area contributed by atoms with Gasteiger partial charge in [0.05, 0.1) is 6.10 Å². The standard InChI is InChI=1S/C4H11NOS2/c5-1-4(8)3(6)2-7/h3-4,6-8H,1-2,5H2. The Kier molecular flexibility index (Phi) is 4.84. The molecular weight excluding hydrogens is 142 g/mol.